The number of nitrogens with zero attached hydrogens (tertiary/aromatic N) is 2. The van der Waals surface area contributed by atoms with Gasteiger partial charge in [-0.2, -0.15) is 0 Å². The molecule has 0 saturated heterocycles. The number of aryl methyl sites for hydroxylation is 1. The van der Waals surface area contributed by atoms with Crippen molar-refractivity contribution in [3.05, 3.63) is 54.0 Å². The van der Waals surface area contributed by atoms with Crippen LogP contribution in [0.15, 0.2) is 42.9 Å². The fourth-order valence-corrected chi connectivity index (χ4v) is 1.36. The summed E-state index contributed by atoms with van der Waals surface area (Å²) in [6.45, 7) is 2.82. The van der Waals surface area contributed by atoms with Crippen LogP contribution in [0.2, 0.25) is 0 Å². The van der Waals surface area contributed by atoms with Crippen LogP contribution in [-0.4, -0.2) is 9.97 Å². The molecule has 0 atom stereocenters. The minimum atomic E-state index is 0.778. The van der Waals surface area contributed by atoms with Crippen molar-refractivity contribution >= 4 is 5.82 Å². The lowest BCUT2D eigenvalue weighted by molar-refractivity contribution is 1.08. The number of anilines is 1. The van der Waals surface area contributed by atoms with Crippen molar-refractivity contribution in [1.82, 2.24) is 9.97 Å². The fraction of sp³-hybridized carbons (Fsp3) is 0.167. The Bertz CT molecular complexity index is 426. The standard InChI is InChI=1S/C12H13N3/c1-10-3-2-6-14-12(10)15-9-11-4-7-13-8-5-11/h2-8H,9H2,1H3,(H,14,15). The highest BCUT2D eigenvalue weighted by Gasteiger charge is 1.97. The first-order valence-electron chi connectivity index (χ1n) is 4.90. The molecule has 0 aliphatic rings. The van der Waals surface area contributed by atoms with Crippen molar-refractivity contribution in [2.75, 3.05) is 5.32 Å². The highest BCUT2D eigenvalue weighted by Crippen LogP contribution is 2.10. The van der Waals surface area contributed by atoms with Gasteiger partial charge in [0.15, 0.2) is 0 Å². The third-order valence-electron chi connectivity index (χ3n) is 2.22. The molecule has 76 valence electrons. The molecule has 0 unspecified atom stereocenters. The molecule has 3 nitrogen and oxygen atoms in total. The number of hydrogen-bond acceptors (Lipinski definition) is 3. The summed E-state index contributed by atoms with van der Waals surface area (Å²) in [5.41, 5.74) is 2.36. The second-order valence-electron chi connectivity index (χ2n) is 3.38. The van der Waals surface area contributed by atoms with E-state index in [4.69, 9.17) is 0 Å². The fourth-order valence-electron chi connectivity index (χ4n) is 1.36. The van der Waals surface area contributed by atoms with Crippen LogP contribution in [0.3, 0.4) is 0 Å². The van der Waals surface area contributed by atoms with Gasteiger partial charge in [-0.15, -0.1) is 0 Å². The Hall–Kier alpha value is -1.90. The number of hydrogen-bond donors (Lipinski definition) is 1. The zero-order valence-corrected chi connectivity index (χ0v) is 8.64. The Balaban J connectivity index is 2.03. The van der Waals surface area contributed by atoms with Crippen molar-refractivity contribution in [3.8, 4) is 0 Å². The van der Waals surface area contributed by atoms with E-state index in [9.17, 15) is 0 Å². The number of nitrogens with one attached hydrogen (secondary N) is 1. The minimum Gasteiger partial charge on any atom is -0.366 e. The Kier molecular flexibility index (Phi) is 2.93. The highest BCUT2D eigenvalue weighted by molar-refractivity contribution is 5.42. The molecule has 2 heterocycles. The zero-order valence-electron chi connectivity index (χ0n) is 8.64. The molecule has 0 aliphatic carbocycles. The molecular weight excluding hydrogens is 186 g/mol. The summed E-state index contributed by atoms with van der Waals surface area (Å²) >= 11 is 0. The molecule has 0 bridgehead atoms. The molecular formula is C12H13N3. The number of rotatable bonds is 3. The molecule has 2 aromatic heterocycles. The molecule has 15 heavy (non-hydrogen) atoms. The SMILES string of the molecule is Cc1cccnc1NCc1ccncc1. The molecule has 0 aliphatic heterocycles. The quantitative estimate of drug-likeness (QED) is 0.824. The summed E-state index contributed by atoms with van der Waals surface area (Å²) in [5, 5.41) is 3.29. The van der Waals surface area contributed by atoms with Gasteiger partial charge in [0, 0.05) is 25.1 Å². The zero-order chi connectivity index (χ0) is 10.5. The molecule has 2 aromatic rings. The normalized spacial score (nSPS) is 9.93. The molecule has 0 radical (unpaired) electrons. The summed E-state index contributed by atoms with van der Waals surface area (Å²) in [4.78, 5) is 8.24. The predicted molar refractivity (Wildman–Crippen MR) is 60.5 cm³/mol. The summed E-state index contributed by atoms with van der Waals surface area (Å²) in [6, 6.07) is 7.96. The van der Waals surface area contributed by atoms with Crippen LogP contribution in [-0.2, 0) is 6.54 Å². The van der Waals surface area contributed by atoms with Crippen LogP contribution in [0, 0.1) is 6.92 Å². The highest BCUT2D eigenvalue weighted by atomic mass is 15.0. The van der Waals surface area contributed by atoms with Gasteiger partial charge in [0.05, 0.1) is 0 Å². The van der Waals surface area contributed by atoms with Crippen LogP contribution in [0.5, 0.6) is 0 Å². The van der Waals surface area contributed by atoms with Crippen LogP contribution in [0.4, 0.5) is 5.82 Å². The lowest BCUT2D eigenvalue weighted by Gasteiger charge is -2.07. The van der Waals surface area contributed by atoms with Crippen LogP contribution < -0.4 is 5.32 Å². The van der Waals surface area contributed by atoms with Crippen LogP contribution >= 0.6 is 0 Å². The Labute approximate surface area is 89.2 Å². The molecule has 0 spiro atoms. The summed E-state index contributed by atoms with van der Waals surface area (Å²) < 4.78 is 0. The molecule has 0 amide bonds. The van der Waals surface area contributed by atoms with Gasteiger partial charge in [-0.25, -0.2) is 4.98 Å². The van der Waals surface area contributed by atoms with Gasteiger partial charge >= 0.3 is 0 Å². The average Bonchev–Trinajstić information content (AvgIpc) is 2.29. The maximum absolute atomic E-state index is 4.27. The third-order valence-corrected chi connectivity index (χ3v) is 2.22. The van der Waals surface area contributed by atoms with E-state index in [1.165, 1.54) is 5.56 Å². The van der Waals surface area contributed by atoms with Gasteiger partial charge in [0.2, 0.25) is 0 Å². The first-order chi connectivity index (χ1) is 7.36. The Morgan fingerprint density at radius 2 is 1.93 bits per heavy atom. The van der Waals surface area contributed by atoms with Gasteiger partial charge in [0.1, 0.15) is 5.82 Å². The van der Waals surface area contributed by atoms with Crippen molar-refractivity contribution in [2.24, 2.45) is 0 Å². The summed E-state index contributed by atoms with van der Waals surface area (Å²) in [6.07, 6.45) is 5.38. The van der Waals surface area contributed by atoms with Gasteiger partial charge in [-0.1, -0.05) is 6.07 Å². The van der Waals surface area contributed by atoms with E-state index in [-0.39, 0.29) is 0 Å². The number of pyridine rings is 2. The van der Waals surface area contributed by atoms with E-state index in [1.54, 1.807) is 18.6 Å². The van der Waals surface area contributed by atoms with Gasteiger partial charge in [-0.3, -0.25) is 4.98 Å². The predicted octanol–water partition coefficient (Wildman–Crippen LogP) is 2.40. The van der Waals surface area contributed by atoms with Crippen molar-refractivity contribution in [3.63, 3.8) is 0 Å². The lowest BCUT2D eigenvalue weighted by Crippen LogP contribution is -2.02. The topological polar surface area (TPSA) is 37.8 Å². The number of aromatic nitrogens is 2. The second kappa shape index (κ2) is 4.55. The maximum atomic E-state index is 4.27. The van der Waals surface area contributed by atoms with Crippen LogP contribution in [0.25, 0.3) is 0 Å². The largest absolute Gasteiger partial charge is 0.366 e. The van der Waals surface area contributed by atoms with E-state index >= 15 is 0 Å². The summed E-state index contributed by atoms with van der Waals surface area (Å²) in [5.74, 6) is 0.939. The first-order valence-corrected chi connectivity index (χ1v) is 4.90. The van der Waals surface area contributed by atoms with Crippen molar-refractivity contribution in [2.45, 2.75) is 13.5 Å². The molecule has 2 rings (SSSR count). The monoisotopic (exact) mass is 199 g/mol. The molecule has 0 aromatic carbocycles. The van der Waals surface area contributed by atoms with Crippen molar-refractivity contribution in [1.29, 1.82) is 0 Å². The average molecular weight is 199 g/mol. The van der Waals surface area contributed by atoms with Gasteiger partial charge < -0.3 is 5.32 Å². The van der Waals surface area contributed by atoms with E-state index in [1.807, 2.05) is 31.2 Å². The van der Waals surface area contributed by atoms with Crippen LogP contribution in [0.1, 0.15) is 11.1 Å². The molecule has 0 saturated carbocycles. The first kappa shape index (κ1) is 9.65. The summed E-state index contributed by atoms with van der Waals surface area (Å²) in [7, 11) is 0. The molecule has 3 heteroatoms. The van der Waals surface area contributed by atoms with Gasteiger partial charge in [-0.05, 0) is 36.2 Å². The molecule has 0 fully saturated rings. The van der Waals surface area contributed by atoms with E-state index in [0.29, 0.717) is 0 Å². The third kappa shape index (κ3) is 2.53. The van der Waals surface area contributed by atoms with Gasteiger partial charge in [0.25, 0.3) is 0 Å². The Morgan fingerprint density at radius 3 is 2.67 bits per heavy atom. The van der Waals surface area contributed by atoms with Crippen molar-refractivity contribution < 1.29 is 0 Å². The van der Waals surface area contributed by atoms with E-state index in [0.717, 1.165) is 17.9 Å². The minimum absolute atomic E-state index is 0.778. The van der Waals surface area contributed by atoms with E-state index < -0.39 is 0 Å². The smallest absolute Gasteiger partial charge is 0.129 e. The Morgan fingerprint density at radius 1 is 1.13 bits per heavy atom. The van der Waals surface area contributed by atoms with E-state index in [2.05, 4.69) is 15.3 Å². The lowest BCUT2D eigenvalue weighted by atomic mass is 10.2. The second-order valence-corrected chi connectivity index (χ2v) is 3.38. The maximum Gasteiger partial charge on any atom is 0.129 e. The molecule has 1 N–H and O–H groups in total.